The molecule has 1 fully saturated rings. The second-order valence-electron chi connectivity index (χ2n) is 5.82. The van der Waals surface area contributed by atoms with Crippen LogP contribution in [-0.2, 0) is 11.2 Å². The summed E-state index contributed by atoms with van der Waals surface area (Å²) in [6.45, 7) is 6.18. The third-order valence-electron chi connectivity index (χ3n) is 3.99. The number of hydrogen-bond acceptors (Lipinski definition) is 3. The Kier molecular flexibility index (Phi) is 4.86. The number of nitrogens with zero attached hydrogens (tertiary/aromatic N) is 1. The minimum absolute atomic E-state index is 0.0930. The predicted octanol–water partition coefficient (Wildman–Crippen LogP) is 4.76. The van der Waals surface area contributed by atoms with E-state index in [9.17, 15) is 4.79 Å². The number of carbonyl (C=O) groups excluding carboxylic acids is 1. The van der Waals surface area contributed by atoms with E-state index in [1.165, 1.54) is 17.3 Å². The van der Waals surface area contributed by atoms with E-state index in [1.807, 2.05) is 50.3 Å². The molecule has 1 N–H and O–H groups in total. The lowest BCUT2D eigenvalue weighted by Gasteiger charge is -2.04. The number of amides is 1. The van der Waals surface area contributed by atoms with Crippen molar-refractivity contribution in [2.24, 2.45) is 4.99 Å². The van der Waals surface area contributed by atoms with Crippen LogP contribution in [0.2, 0.25) is 0 Å². The molecule has 3 rings (SSSR count). The van der Waals surface area contributed by atoms with Crippen molar-refractivity contribution < 1.29 is 4.79 Å². The molecule has 0 aromatic heterocycles. The Morgan fingerprint density at radius 1 is 1.08 bits per heavy atom. The summed E-state index contributed by atoms with van der Waals surface area (Å²) in [5, 5.41) is 3.49. The summed E-state index contributed by atoms with van der Waals surface area (Å²) in [4.78, 5) is 17.5. The third-order valence-corrected chi connectivity index (χ3v) is 4.90. The van der Waals surface area contributed by atoms with Gasteiger partial charge in [0.2, 0.25) is 0 Å². The van der Waals surface area contributed by atoms with E-state index >= 15 is 0 Å². The number of thioether (sulfide) groups is 1. The number of amidine groups is 1. The smallest absolute Gasteiger partial charge is 0.264 e. The van der Waals surface area contributed by atoms with Gasteiger partial charge in [-0.05, 0) is 60.4 Å². The van der Waals surface area contributed by atoms with Crippen molar-refractivity contribution >= 4 is 34.6 Å². The molecular weight excluding hydrogens is 316 g/mol. The Hall–Kier alpha value is -2.33. The molecule has 1 saturated heterocycles. The highest BCUT2D eigenvalue weighted by molar-refractivity contribution is 8.18. The summed E-state index contributed by atoms with van der Waals surface area (Å²) in [6.07, 6.45) is 2.92. The maximum atomic E-state index is 12.2. The molecule has 0 spiro atoms. The van der Waals surface area contributed by atoms with Crippen molar-refractivity contribution in [3.8, 4) is 0 Å². The summed E-state index contributed by atoms with van der Waals surface area (Å²) >= 11 is 1.39. The molecule has 0 atom stereocenters. The minimum Gasteiger partial charge on any atom is -0.300 e. The summed E-state index contributed by atoms with van der Waals surface area (Å²) in [6, 6.07) is 14.3. The van der Waals surface area contributed by atoms with Crippen molar-refractivity contribution in [3.63, 3.8) is 0 Å². The first-order chi connectivity index (χ1) is 11.6. The molecule has 2 aromatic carbocycles. The lowest BCUT2D eigenvalue weighted by Crippen LogP contribution is -2.19. The number of benzene rings is 2. The Morgan fingerprint density at radius 2 is 1.75 bits per heavy atom. The van der Waals surface area contributed by atoms with Gasteiger partial charge < -0.3 is 5.32 Å². The predicted molar refractivity (Wildman–Crippen MR) is 103 cm³/mol. The van der Waals surface area contributed by atoms with Crippen LogP contribution in [0.3, 0.4) is 0 Å². The lowest BCUT2D eigenvalue weighted by atomic mass is 10.1. The monoisotopic (exact) mass is 336 g/mol. The van der Waals surface area contributed by atoms with Crippen LogP contribution < -0.4 is 5.32 Å². The van der Waals surface area contributed by atoms with Crippen LogP contribution in [0.1, 0.15) is 29.2 Å². The van der Waals surface area contributed by atoms with Gasteiger partial charge in [-0.1, -0.05) is 49.4 Å². The van der Waals surface area contributed by atoms with Gasteiger partial charge in [0, 0.05) is 0 Å². The third kappa shape index (κ3) is 3.60. The molecule has 0 radical (unpaired) electrons. The number of nitrogens with one attached hydrogen (secondary N) is 1. The van der Waals surface area contributed by atoms with Crippen LogP contribution in [0.15, 0.2) is 52.4 Å². The molecule has 24 heavy (non-hydrogen) atoms. The SMILES string of the molecule is CCc1ccc(/C=C2\SC(=Nc3c(C)cccc3C)NC2=O)cc1. The Balaban J connectivity index is 1.85. The topological polar surface area (TPSA) is 41.5 Å². The molecule has 2 aromatic rings. The molecule has 1 heterocycles. The van der Waals surface area contributed by atoms with Crippen molar-refractivity contribution in [2.75, 3.05) is 0 Å². The highest BCUT2D eigenvalue weighted by Gasteiger charge is 2.24. The van der Waals surface area contributed by atoms with Crippen molar-refractivity contribution in [1.82, 2.24) is 5.32 Å². The second kappa shape index (κ2) is 7.05. The maximum absolute atomic E-state index is 12.2. The summed E-state index contributed by atoms with van der Waals surface area (Å²) < 4.78 is 0. The van der Waals surface area contributed by atoms with E-state index in [4.69, 9.17) is 0 Å². The molecule has 1 amide bonds. The summed E-state index contributed by atoms with van der Waals surface area (Å²) in [5.74, 6) is -0.0930. The normalized spacial score (nSPS) is 17.5. The van der Waals surface area contributed by atoms with Crippen LogP contribution >= 0.6 is 11.8 Å². The summed E-state index contributed by atoms with van der Waals surface area (Å²) in [7, 11) is 0. The maximum Gasteiger partial charge on any atom is 0.264 e. The number of carbonyl (C=O) groups is 1. The largest absolute Gasteiger partial charge is 0.300 e. The molecule has 122 valence electrons. The molecule has 0 bridgehead atoms. The highest BCUT2D eigenvalue weighted by Crippen LogP contribution is 2.30. The van der Waals surface area contributed by atoms with E-state index in [-0.39, 0.29) is 5.91 Å². The van der Waals surface area contributed by atoms with Crippen LogP contribution in [-0.4, -0.2) is 11.1 Å². The molecule has 0 saturated carbocycles. The van der Waals surface area contributed by atoms with Gasteiger partial charge in [0.15, 0.2) is 5.17 Å². The number of hydrogen-bond donors (Lipinski definition) is 1. The van der Waals surface area contributed by atoms with Crippen molar-refractivity contribution in [3.05, 3.63) is 69.6 Å². The van der Waals surface area contributed by atoms with Gasteiger partial charge in [-0.3, -0.25) is 4.79 Å². The molecule has 3 nitrogen and oxygen atoms in total. The first-order valence-corrected chi connectivity index (χ1v) is 8.83. The van der Waals surface area contributed by atoms with Crippen molar-refractivity contribution in [2.45, 2.75) is 27.2 Å². The van der Waals surface area contributed by atoms with Gasteiger partial charge in [0.05, 0.1) is 10.6 Å². The molecular formula is C20H20N2OS. The fourth-order valence-corrected chi connectivity index (χ4v) is 3.39. The van der Waals surface area contributed by atoms with Gasteiger partial charge in [-0.2, -0.15) is 0 Å². The fraction of sp³-hybridized carbons (Fsp3) is 0.200. The van der Waals surface area contributed by atoms with Gasteiger partial charge in [0.25, 0.3) is 5.91 Å². The Bertz CT molecular complexity index is 815. The standard InChI is InChI=1S/C20H20N2OS/c1-4-15-8-10-16(11-9-15)12-17-19(23)22-20(24-17)21-18-13(2)6-5-7-14(18)3/h5-12H,4H2,1-3H3,(H,21,22,23)/b17-12-. The van der Waals surface area contributed by atoms with Gasteiger partial charge >= 0.3 is 0 Å². The second-order valence-corrected chi connectivity index (χ2v) is 6.85. The quantitative estimate of drug-likeness (QED) is 0.821. The Labute approximate surface area is 146 Å². The van der Waals surface area contributed by atoms with Crippen LogP contribution in [0.4, 0.5) is 5.69 Å². The number of rotatable bonds is 3. The zero-order chi connectivity index (χ0) is 17.1. The number of aliphatic imine (C=N–C) groups is 1. The van der Waals surface area contributed by atoms with Gasteiger partial charge in [0.1, 0.15) is 0 Å². The molecule has 1 aliphatic rings. The van der Waals surface area contributed by atoms with Crippen LogP contribution in [0.5, 0.6) is 0 Å². The minimum atomic E-state index is -0.0930. The highest BCUT2D eigenvalue weighted by atomic mass is 32.2. The molecule has 0 unspecified atom stereocenters. The van der Waals surface area contributed by atoms with Gasteiger partial charge in [-0.15, -0.1) is 0 Å². The molecule has 4 heteroatoms. The summed E-state index contributed by atoms with van der Waals surface area (Å²) in [5.41, 5.74) is 5.44. The zero-order valence-electron chi connectivity index (χ0n) is 14.1. The van der Waals surface area contributed by atoms with Gasteiger partial charge in [-0.25, -0.2) is 4.99 Å². The average Bonchev–Trinajstić information content (AvgIpc) is 2.91. The molecule has 1 aliphatic heterocycles. The number of aryl methyl sites for hydroxylation is 3. The van der Waals surface area contributed by atoms with E-state index in [0.29, 0.717) is 10.1 Å². The molecule has 0 aliphatic carbocycles. The zero-order valence-corrected chi connectivity index (χ0v) is 14.9. The van der Waals surface area contributed by atoms with Crippen LogP contribution in [0.25, 0.3) is 6.08 Å². The van der Waals surface area contributed by atoms with Crippen molar-refractivity contribution in [1.29, 1.82) is 0 Å². The van der Waals surface area contributed by atoms with E-state index < -0.39 is 0 Å². The van der Waals surface area contributed by atoms with E-state index in [1.54, 1.807) is 0 Å². The number of para-hydroxylation sites is 1. The first-order valence-electron chi connectivity index (χ1n) is 8.01. The fourth-order valence-electron chi connectivity index (χ4n) is 2.57. The van der Waals surface area contributed by atoms with E-state index in [0.717, 1.165) is 28.8 Å². The average molecular weight is 336 g/mol. The first kappa shape index (κ1) is 16.5. The van der Waals surface area contributed by atoms with E-state index in [2.05, 4.69) is 29.4 Å². The van der Waals surface area contributed by atoms with Crippen LogP contribution in [0, 0.1) is 13.8 Å². The Morgan fingerprint density at radius 3 is 2.38 bits per heavy atom. The lowest BCUT2D eigenvalue weighted by molar-refractivity contribution is -0.115.